The number of aromatic nitrogens is 1. The summed E-state index contributed by atoms with van der Waals surface area (Å²) in [5, 5.41) is 3.72. The molecule has 2 heterocycles. The second-order valence-electron chi connectivity index (χ2n) is 7.50. The Bertz CT molecular complexity index is 1260. The summed E-state index contributed by atoms with van der Waals surface area (Å²) >= 11 is 0. The second kappa shape index (κ2) is 7.06. The smallest absolute Gasteiger partial charge is 0.225 e. The van der Waals surface area contributed by atoms with Gasteiger partial charge in [0.2, 0.25) is 5.91 Å². The van der Waals surface area contributed by atoms with Crippen LogP contribution >= 0.6 is 0 Å². The Hall–Kier alpha value is -3.54. The van der Waals surface area contributed by atoms with Crippen molar-refractivity contribution >= 4 is 22.5 Å². The monoisotopic (exact) mass is 406 g/mol. The number of benzene rings is 3. The minimum atomic E-state index is -1.51. The molecule has 1 atom stereocenters. The van der Waals surface area contributed by atoms with Crippen molar-refractivity contribution in [3.8, 4) is 0 Å². The van der Waals surface area contributed by atoms with Crippen LogP contribution in [-0.2, 0) is 11.3 Å². The van der Waals surface area contributed by atoms with Gasteiger partial charge in [-0.1, -0.05) is 36.4 Å². The highest BCUT2D eigenvalue weighted by molar-refractivity contribution is 6.06. The summed E-state index contributed by atoms with van der Waals surface area (Å²) in [6.07, 6.45) is 1.93. The molecule has 0 saturated heterocycles. The fourth-order valence-electron chi connectivity index (χ4n) is 4.23. The van der Waals surface area contributed by atoms with E-state index >= 15 is 0 Å². The van der Waals surface area contributed by atoms with E-state index < -0.39 is 23.4 Å². The van der Waals surface area contributed by atoms with Crippen LogP contribution in [0.5, 0.6) is 0 Å². The molecule has 0 aliphatic carbocycles. The fourth-order valence-corrected chi connectivity index (χ4v) is 4.23. The highest BCUT2D eigenvalue weighted by Gasteiger charge is 2.29. The van der Waals surface area contributed by atoms with Crippen LogP contribution in [-0.4, -0.2) is 10.5 Å². The third kappa shape index (κ3) is 3.05. The minimum absolute atomic E-state index is 0.00361. The summed E-state index contributed by atoms with van der Waals surface area (Å²) in [5.74, 6) is -4.89. The number of anilines is 1. The lowest BCUT2D eigenvalue weighted by Crippen LogP contribution is -2.14. The normalized spacial score (nSPS) is 15.8. The van der Waals surface area contributed by atoms with Gasteiger partial charge in [-0.2, -0.15) is 0 Å². The average molecular weight is 406 g/mol. The SMILES string of the molecule is O=C1C[C@H](c2cc(F)c(F)c(F)c2)c2cn(Cc3ccccc3)c3cccc(c23)N1. The first kappa shape index (κ1) is 18.5. The van der Waals surface area contributed by atoms with Gasteiger partial charge in [0.1, 0.15) is 0 Å². The molecule has 3 nitrogen and oxygen atoms in total. The van der Waals surface area contributed by atoms with Crippen LogP contribution in [0.4, 0.5) is 18.9 Å². The molecule has 5 rings (SSSR count). The predicted octanol–water partition coefficient (Wildman–Crippen LogP) is 5.58. The summed E-state index contributed by atoms with van der Waals surface area (Å²) in [7, 11) is 0. The van der Waals surface area contributed by atoms with E-state index in [1.54, 1.807) is 0 Å². The molecule has 6 heteroatoms. The molecule has 0 radical (unpaired) electrons. The first-order valence-corrected chi connectivity index (χ1v) is 9.61. The van der Waals surface area contributed by atoms with Crippen molar-refractivity contribution in [3.63, 3.8) is 0 Å². The van der Waals surface area contributed by atoms with Gasteiger partial charge in [-0.25, -0.2) is 13.2 Å². The molecule has 1 amide bonds. The maximum absolute atomic E-state index is 14.0. The second-order valence-corrected chi connectivity index (χ2v) is 7.50. The molecule has 1 aliphatic rings. The Morgan fingerprint density at radius 1 is 0.967 bits per heavy atom. The third-order valence-electron chi connectivity index (χ3n) is 5.58. The van der Waals surface area contributed by atoms with E-state index in [1.165, 1.54) is 0 Å². The molecule has 30 heavy (non-hydrogen) atoms. The van der Waals surface area contributed by atoms with Gasteiger partial charge in [-0.05, 0) is 41.0 Å². The van der Waals surface area contributed by atoms with E-state index in [9.17, 15) is 18.0 Å². The molecule has 4 aromatic rings. The van der Waals surface area contributed by atoms with Gasteiger partial charge in [-0.3, -0.25) is 4.79 Å². The Balaban J connectivity index is 1.71. The quantitative estimate of drug-likeness (QED) is 0.443. The lowest BCUT2D eigenvalue weighted by Gasteiger charge is -2.15. The number of rotatable bonds is 3. The Kier molecular flexibility index (Phi) is 4.35. The predicted molar refractivity (Wildman–Crippen MR) is 109 cm³/mol. The molecule has 150 valence electrons. The van der Waals surface area contributed by atoms with Crippen LogP contribution in [0.3, 0.4) is 0 Å². The zero-order chi connectivity index (χ0) is 20.8. The van der Waals surface area contributed by atoms with Crippen LogP contribution in [0.1, 0.15) is 29.0 Å². The van der Waals surface area contributed by atoms with E-state index in [-0.39, 0.29) is 17.9 Å². The molecule has 0 fully saturated rings. The molecule has 1 aromatic heterocycles. The Morgan fingerprint density at radius 3 is 2.43 bits per heavy atom. The van der Waals surface area contributed by atoms with E-state index in [0.29, 0.717) is 12.2 Å². The maximum Gasteiger partial charge on any atom is 0.225 e. The summed E-state index contributed by atoms with van der Waals surface area (Å²) in [6, 6.07) is 17.5. The summed E-state index contributed by atoms with van der Waals surface area (Å²) < 4.78 is 43.5. The number of amides is 1. The number of carbonyl (C=O) groups excluding carboxylic acids is 1. The van der Waals surface area contributed by atoms with E-state index in [2.05, 4.69) is 9.88 Å². The zero-order valence-electron chi connectivity index (χ0n) is 15.8. The van der Waals surface area contributed by atoms with Gasteiger partial charge in [0.05, 0.1) is 11.2 Å². The van der Waals surface area contributed by atoms with Crippen molar-refractivity contribution in [2.45, 2.75) is 18.9 Å². The molecule has 1 aliphatic heterocycles. The number of halogens is 3. The Morgan fingerprint density at radius 2 is 1.70 bits per heavy atom. The fraction of sp³-hybridized carbons (Fsp3) is 0.125. The molecule has 0 bridgehead atoms. The van der Waals surface area contributed by atoms with Gasteiger partial charge in [0.25, 0.3) is 0 Å². The highest BCUT2D eigenvalue weighted by atomic mass is 19.2. The first-order chi connectivity index (χ1) is 14.5. The topological polar surface area (TPSA) is 34.0 Å². The molecule has 0 saturated carbocycles. The molecule has 0 spiro atoms. The molecular weight excluding hydrogens is 389 g/mol. The van der Waals surface area contributed by atoms with E-state index in [1.807, 2.05) is 54.7 Å². The van der Waals surface area contributed by atoms with Gasteiger partial charge < -0.3 is 9.88 Å². The minimum Gasteiger partial charge on any atom is -0.343 e. The molecular formula is C24H17F3N2O. The third-order valence-corrected chi connectivity index (χ3v) is 5.58. The molecule has 0 unspecified atom stereocenters. The number of nitrogens with zero attached hydrogens (tertiary/aromatic N) is 1. The van der Waals surface area contributed by atoms with E-state index in [0.717, 1.165) is 34.2 Å². The first-order valence-electron chi connectivity index (χ1n) is 9.61. The van der Waals surface area contributed by atoms with Crippen LogP contribution in [0.2, 0.25) is 0 Å². The highest BCUT2D eigenvalue weighted by Crippen LogP contribution is 2.41. The van der Waals surface area contributed by atoms with Crippen molar-refractivity contribution < 1.29 is 18.0 Å². The van der Waals surface area contributed by atoms with Gasteiger partial charge in [-0.15, -0.1) is 0 Å². The molecule has 1 N–H and O–H groups in total. The number of hydrogen-bond acceptors (Lipinski definition) is 1. The van der Waals surface area contributed by atoms with Gasteiger partial charge >= 0.3 is 0 Å². The summed E-state index contributed by atoms with van der Waals surface area (Å²) in [4.78, 5) is 12.5. The van der Waals surface area contributed by atoms with Crippen molar-refractivity contribution in [2.75, 3.05) is 5.32 Å². The van der Waals surface area contributed by atoms with Gasteiger partial charge in [0, 0.05) is 30.5 Å². The lowest BCUT2D eigenvalue weighted by atomic mass is 9.88. The molecule has 3 aromatic carbocycles. The van der Waals surface area contributed by atoms with Crippen molar-refractivity contribution in [1.29, 1.82) is 0 Å². The standard InChI is InChI=1S/C24H17F3N2O/c25-18-9-15(10-19(26)24(18)27)16-11-22(30)28-20-7-4-8-21-23(20)17(16)13-29(21)12-14-5-2-1-3-6-14/h1-10,13,16H,11-12H2,(H,28,30)/t16-/m1/s1. The summed E-state index contributed by atoms with van der Waals surface area (Å²) in [6.45, 7) is 0.605. The van der Waals surface area contributed by atoms with Crippen LogP contribution in [0.15, 0.2) is 66.9 Å². The average Bonchev–Trinajstić information content (AvgIpc) is 3.02. The van der Waals surface area contributed by atoms with Crippen molar-refractivity contribution in [1.82, 2.24) is 4.57 Å². The van der Waals surface area contributed by atoms with Crippen LogP contribution in [0, 0.1) is 17.5 Å². The van der Waals surface area contributed by atoms with Gasteiger partial charge in [0.15, 0.2) is 17.5 Å². The van der Waals surface area contributed by atoms with Crippen LogP contribution < -0.4 is 5.32 Å². The van der Waals surface area contributed by atoms with Crippen molar-refractivity contribution in [2.24, 2.45) is 0 Å². The number of hydrogen-bond donors (Lipinski definition) is 1. The summed E-state index contributed by atoms with van der Waals surface area (Å²) in [5.41, 5.74) is 3.67. The van der Waals surface area contributed by atoms with Crippen LogP contribution in [0.25, 0.3) is 10.9 Å². The maximum atomic E-state index is 14.0. The lowest BCUT2D eigenvalue weighted by molar-refractivity contribution is -0.116. The number of nitrogens with one attached hydrogen (secondary N) is 1. The Labute approximate surface area is 170 Å². The zero-order valence-corrected chi connectivity index (χ0v) is 15.8. The van der Waals surface area contributed by atoms with Crippen molar-refractivity contribution in [3.05, 3.63) is 101 Å². The largest absolute Gasteiger partial charge is 0.343 e. The number of carbonyl (C=O) groups is 1. The van der Waals surface area contributed by atoms with E-state index in [4.69, 9.17) is 0 Å².